The molecule has 0 aliphatic heterocycles. The number of aryl methyl sites for hydroxylation is 1. The van der Waals surface area contributed by atoms with E-state index in [1.54, 1.807) is 6.07 Å². The van der Waals surface area contributed by atoms with Gasteiger partial charge in [-0.05, 0) is 49.3 Å². The summed E-state index contributed by atoms with van der Waals surface area (Å²) in [4.78, 5) is 10.8. The van der Waals surface area contributed by atoms with Crippen molar-refractivity contribution >= 4 is 6.16 Å². The second-order valence-electron chi connectivity index (χ2n) is 5.48. The average Bonchev–Trinajstić information content (AvgIpc) is 2.43. The Morgan fingerprint density at radius 2 is 2.00 bits per heavy atom. The maximum atomic E-state index is 10.8. The number of ether oxygens (including phenoxy) is 1. The van der Waals surface area contributed by atoms with Crippen LogP contribution >= 0.6 is 0 Å². The van der Waals surface area contributed by atoms with Gasteiger partial charge in [-0.15, -0.1) is 0 Å². The minimum atomic E-state index is -1.39. The van der Waals surface area contributed by atoms with Crippen molar-refractivity contribution in [3.8, 4) is 11.5 Å². The Labute approximate surface area is 119 Å². The number of carboxylic acid groups (broad SMARTS) is 1. The van der Waals surface area contributed by atoms with Crippen molar-refractivity contribution in [1.29, 1.82) is 0 Å². The standard InChI is InChI=1S/C16H22O4/c1-3-11-9-13(20-16(18)19)15(17)14(10(11)2)12-7-5-4-6-8-12/h9,12,17H,3-8H2,1-2H3,(H,18,19). The van der Waals surface area contributed by atoms with Crippen LogP contribution in [0.25, 0.3) is 0 Å². The van der Waals surface area contributed by atoms with E-state index >= 15 is 0 Å². The molecular formula is C16H22O4. The third kappa shape index (κ3) is 2.89. The summed E-state index contributed by atoms with van der Waals surface area (Å²) in [6, 6.07) is 1.64. The first kappa shape index (κ1) is 14.7. The fourth-order valence-corrected chi connectivity index (χ4v) is 3.25. The van der Waals surface area contributed by atoms with Gasteiger partial charge in [0.25, 0.3) is 0 Å². The topological polar surface area (TPSA) is 66.8 Å². The van der Waals surface area contributed by atoms with E-state index in [-0.39, 0.29) is 11.5 Å². The third-order valence-corrected chi connectivity index (χ3v) is 4.27. The van der Waals surface area contributed by atoms with Gasteiger partial charge in [0.15, 0.2) is 11.5 Å². The van der Waals surface area contributed by atoms with E-state index in [0.29, 0.717) is 5.92 Å². The molecule has 2 N–H and O–H groups in total. The molecule has 0 aromatic heterocycles. The van der Waals surface area contributed by atoms with Crippen molar-refractivity contribution < 1.29 is 19.7 Å². The number of benzene rings is 1. The molecule has 1 saturated carbocycles. The first-order valence-corrected chi connectivity index (χ1v) is 7.30. The van der Waals surface area contributed by atoms with Crippen molar-refractivity contribution in [2.45, 2.75) is 58.3 Å². The minimum absolute atomic E-state index is 0.00833. The number of aromatic hydroxyl groups is 1. The lowest BCUT2D eigenvalue weighted by atomic mass is 9.80. The fraction of sp³-hybridized carbons (Fsp3) is 0.562. The first-order valence-electron chi connectivity index (χ1n) is 7.30. The molecule has 0 amide bonds. The van der Waals surface area contributed by atoms with E-state index in [9.17, 15) is 9.90 Å². The van der Waals surface area contributed by atoms with E-state index in [0.717, 1.165) is 48.8 Å². The molecule has 0 spiro atoms. The van der Waals surface area contributed by atoms with Gasteiger partial charge in [0, 0.05) is 5.56 Å². The molecule has 2 rings (SSSR count). The van der Waals surface area contributed by atoms with Gasteiger partial charge in [0.1, 0.15) is 0 Å². The molecule has 1 aromatic rings. The predicted molar refractivity (Wildman–Crippen MR) is 76.7 cm³/mol. The van der Waals surface area contributed by atoms with E-state index in [2.05, 4.69) is 0 Å². The van der Waals surface area contributed by atoms with Gasteiger partial charge in [0.05, 0.1) is 0 Å². The second kappa shape index (κ2) is 6.16. The lowest BCUT2D eigenvalue weighted by Crippen LogP contribution is -2.10. The van der Waals surface area contributed by atoms with Gasteiger partial charge in [-0.3, -0.25) is 0 Å². The van der Waals surface area contributed by atoms with E-state index in [1.807, 2.05) is 13.8 Å². The number of hydrogen-bond acceptors (Lipinski definition) is 3. The Hall–Kier alpha value is -1.71. The largest absolute Gasteiger partial charge is 0.511 e. The van der Waals surface area contributed by atoms with Crippen LogP contribution in [0.1, 0.15) is 61.6 Å². The molecule has 1 fully saturated rings. The van der Waals surface area contributed by atoms with E-state index < -0.39 is 6.16 Å². The monoisotopic (exact) mass is 278 g/mol. The van der Waals surface area contributed by atoms with Crippen LogP contribution in [0, 0.1) is 6.92 Å². The lowest BCUT2D eigenvalue weighted by molar-refractivity contribution is 0.142. The van der Waals surface area contributed by atoms with Crippen molar-refractivity contribution in [2.24, 2.45) is 0 Å². The Morgan fingerprint density at radius 1 is 1.35 bits per heavy atom. The van der Waals surface area contributed by atoms with E-state index in [1.165, 1.54) is 6.42 Å². The van der Waals surface area contributed by atoms with Crippen LogP contribution in [0.15, 0.2) is 6.07 Å². The van der Waals surface area contributed by atoms with Gasteiger partial charge in [-0.25, -0.2) is 4.79 Å². The Morgan fingerprint density at radius 3 is 2.55 bits per heavy atom. The van der Waals surface area contributed by atoms with Crippen LogP contribution in [0.2, 0.25) is 0 Å². The molecule has 0 bridgehead atoms. The molecule has 0 unspecified atom stereocenters. The molecule has 0 atom stereocenters. The molecular weight excluding hydrogens is 256 g/mol. The minimum Gasteiger partial charge on any atom is -0.504 e. The summed E-state index contributed by atoms with van der Waals surface area (Å²) in [5, 5.41) is 19.2. The smallest absolute Gasteiger partial charge is 0.504 e. The van der Waals surface area contributed by atoms with Gasteiger partial charge in [0.2, 0.25) is 0 Å². The highest BCUT2D eigenvalue weighted by Gasteiger charge is 2.25. The Balaban J connectivity index is 2.48. The number of carbonyl (C=O) groups is 1. The van der Waals surface area contributed by atoms with Gasteiger partial charge in [-0.2, -0.15) is 0 Å². The second-order valence-corrected chi connectivity index (χ2v) is 5.48. The van der Waals surface area contributed by atoms with Crippen LogP contribution in [0.5, 0.6) is 11.5 Å². The quantitative estimate of drug-likeness (QED) is 0.636. The highest BCUT2D eigenvalue weighted by Crippen LogP contribution is 2.44. The number of phenols is 1. The maximum Gasteiger partial charge on any atom is 0.511 e. The summed E-state index contributed by atoms with van der Waals surface area (Å²) < 4.78 is 4.74. The van der Waals surface area contributed by atoms with Crippen LogP contribution < -0.4 is 4.74 Å². The zero-order valence-corrected chi connectivity index (χ0v) is 12.1. The summed E-state index contributed by atoms with van der Waals surface area (Å²) in [6.45, 7) is 4.03. The molecule has 1 aliphatic rings. The molecule has 20 heavy (non-hydrogen) atoms. The SMILES string of the molecule is CCc1cc(OC(=O)O)c(O)c(C2CCCCC2)c1C. The Kier molecular flexibility index (Phi) is 4.53. The van der Waals surface area contributed by atoms with Crippen molar-refractivity contribution in [2.75, 3.05) is 0 Å². The number of phenolic OH excluding ortho intramolecular Hbond substituents is 1. The zero-order chi connectivity index (χ0) is 14.7. The summed E-state index contributed by atoms with van der Waals surface area (Å²) in [6.07, 6.45) is 5.07. The van der Waals surface area contributed by atoms with Gasteiger partial charge >= 0.3 is 6.16 Å². The number of hydrogen-bond donors (Lipinski definition) is 2. The number of rotatable bonds is 3. The zero-order valence-electron chi connectivity index (χ0n) is 12.1. The molecule has 1 aliphatic carbocycles. The summed E-state index contributed by atoms with van der Waals surface area (Å²) >= 11 is 0. The van der Waals surface area contributed by atoms with Crippen LogP contribution in [0.3, 0.4) is 0 Å². The van der Waals surface area contributed by atoms with Crippen molar-refractivity contribution in [3.63, 3.8) is 0 Å². The van der Waals surface area contributed by atoms with E-state index in [4.69, 9.17) is 9.84 Å². The molecule has 0 heterocycles. The third-order valence-electron chi connectivity index (χ3n) is 4.27. The first-order chi connectivity index (χ1) is 9.54. The highest BCUT2D eigenvalue weighted by molar-refractivity contribution is 5.65. The fourth-order valence-electron chi connectivity index (χ4n) is 3.25. The summed E-state index contributed by atoms with van der Waals surface area (Å²) in [5.74, 6) is 0.390. The van der Waals surface area contributed by atoms with Crippen LogP contribution in [0.4, 0.5) is 4.79 Å². The average molecular weight is 278 g/mol. The molecule has 0 saturated heterocycles. The van der Waals surface area contributed by atoms with Crippen LogP contribution in [-0.4, -0.2) is 16.4 Å². The normalized spacial score (nSPS) is 16.1. The highest BCUT2D eigenvalue weighted by atomic mass is 16.7. The predicted octanol–water partition coefficient (Wildman–Crippen LogP) is 4.37. The van der Waals surface area contributed by atoms with Crippen LogP contribution in [-0.2, 0) is 6.42 Å². The van der Waals surface area contributed by atoms with Gasteiger partial charge in [-0.1, -0.05) is 26.2 Å². The van der Waals surface area contributed by atoms with Crippen molar-refractivity contribution in [1.82, 2.24) is 0 Å². The molecule has 1 aromatic carbocycles. The molecule has 0 radical (unpaired) electrons. The summed E-state index contributed by atoms with van der Waals surface area (Å²) in [5.41, 5.74) is 3.01. The molecule has 110 valence electrons. The summed E-state index contributed by atoms with van der Waals surface area (Å²) in [7, 11) is 0. The Bertz CT molecular complexity index is 502. The molecule has 4 heteroatoms. The van der Waals surface area contributed by atoms with Gasteiger partial charge < -0.3 is 14.9 Å². The van der Waals surface area contributed by atoms with Crippen molar-refractivity contribution in [3.05, 3.63) is 22.8 Å². The maximum absolute atomic E-state index is 10.8. The lowest BCUT2D eigenvalue weighted by Gasteiger charge is -2.26. The molecule has 4 nitrogen and oxygen atoms in total.